The van der Waals surface area contributed by atoms with Gasteiger partial charge in [0.2, 0.25) is 5.82 Å². The molecule has 0 fully saturated rings. The molecule has 1 heterocycles. The van der Waals surface area contributed by atoms with E-state index in [0.29, 0.717) is 5.69 Å². The fraction of sp³-hybridized carbons (Fsp3) is 0. The maximum Gasteiger partial charge on any atom is 0.286 e. The Morgan fingerprint density at radius 2 is 1.94 bits per heavy atom. The highest BCUT2D eigenvalue weighted by atomic mass is 16.1. The number of benzene rings is 1. The summed E-state index contributed by atoms with van der Waals surface area (Å²) in [7, 11) is 0. The van der Waals surface area contributed by atoms with Crippen LogP contribution in [0.15, 0.2) is 42.6 Å². The first kappa shape index (κ1) is 10.3. The predicted octanol–water partition coefficient (Wildman–Crippen LogP) is 1.18. The van der Waals surface area contributed by atoms with E-state index in [2.05, 4.69) is 9.97 Å². The van der Waals surface area contributed by atoms with Crippen LogP contribution in [0.1, 0.15) is 21.9 Å². The summed E-state index contributed by atoms with van der Waals surface area (Å²) in [5, 5.41) is 0. The number of primary amides is 1. The van der Waals surface area contributed by atoms with Crippen LogP contribution in [0.25, 0.3) is 0 Å². The molecule has 79 valence electrons. The molecule has 0 spiro atoms. The number of hydrogen-bond donors (Lipinski definition) is 1. The molecule has 2 rings (SSSR count). The maximum absolute atomic E-state index is 10.9. The number of aromatic nitrogens is 2. The zero-order chi connectivity index (χ0) is 11.4. The molecule has 4 nitrogen and oxygen atoms in total. The third kappa shape index (κ3) is 2.42. The van der Waals surface area contributed by atoms with Gasteiger partial charge in [0.1, 0.15) is 0 Å². The molecule has 0 bridgehead atoms. The quantitative estimate of drug-likeness (QED) is 0.830. The van der Waals surface area contributed by atoms with Crippen LogP contribution < -0.4 is 5.73 Å². The molecule has 4 heteroatoms. The van der Waals surface area contributed by atoms with Crippen molar-refractivity contribution in [3.63, 3.8) is 0 Å². The number of hydrogen-bond acceptors (Lipinski definition) is 3. The van der Waals surface area contributed by atoms with Gasteiger partial charge in [0.25, 0.3) is 5.91 Å². The molecule has 0 saturated carbocycles. The monoisotopic (exact) mass is 212 g/mol. The van der Waals surface area contributed by atoms with Crippen molar-refractivity contribution < 1.29 is 4.79 Å². The van der Waals surface area contributed by atoms with Gasteiger partial charge in [0, 0.05) is 12.6 Å². The summed E-state index contributed by atoms with van der Waals surface area (Å²) < 4.78 is 0. The predicted molar refractivity (Wildman–Crippen MR) is 59.5 cm³/mol. The normalized spacial score (nSPS) is 10.0. The lowest BCUT2D eigenvalue weighted by molar-refractivity contribution is 0.0990. The molecule has 1 radical (unpaired) electrons. The number of rotatable bonds is 3. The van der Waals surface area contributed by atoms with Gasteiger partial charge in [0.15, 0.2) is 0 Å². The van der Waals surface area contributed by atoms with Crippen LogP contribution in [0.4, 0.5) is 0 Å². The molecule has 0 aliphatic heterocycles. The Bertz CT molecular complexity index is 497. The number of nitrogens with zero attached hydrogens (tertiary/aromatic N) is 2. The largest absolute Gasteiger partial charge is 0.363 e. The highest BCUT2D eigenvalue weighted by Crippen LogP contribution is 2.08. The summed E-state index contributed by atoms with van der Waals surface area (Å²) in [6.07, 6.45) is 3.37. The third-order valence-corrected chi connectivity index (χ3v) is 2.01. The first-order valence-electron chi connectivity index (χ1n) is 4.78. The second-order valence-electron chi connectivity index (χ2n) is 3.22. The lowest BCUT2D eigenvalue weighted by atomic mass is 10.1. The average molecular weight is 212 g/mol. The topological polar surface area (TPSA) is 68.9 Å². The molecule has 1 aromatic carbocycles. The molecule has 1 amide bonds. The van der Waals surface area contributed by atoms with Crippen LogP contribution in [0.3, 0.4) is 0 Å². The van der Waals surface area contributed by atoms with Crippen molar-refractivity contribution in [3.8, 4) is 0 Å². The van der Waals surface area contributed by atoms with Crippen molar-refractivity contribution in [3.05, 3.63) is 66.1 Å². The van der Waals surface area contributed by atoms with E-state index in [4.69, 9.17) is 5.73 Å². The molecule has 0 unspecified atom stereocenters. The zero-order valence-corrected chi connectivity index (χ0v) is 8.50. The van der Waals surface area contributed by atoms with Gasteiger partial charge >= 0.3 is 0 Å². The summed E-state index contributed by atoms with van der Waals surface area (Å²) in [6, 6.07) is 11.4. The van der Waals surface area contributed by atoms with Gasteiger partial charge in [-0.1, -0.05) is 30.3 Å². The van der Waals surface area contributed by atoms with E-state index in [1.54, 1.807) is 6.07 Å². The highest BCUT2D eigenvalue weighted by Gasteiger charge is 2.05. The van der Waals surface area contributed by atoms with E-state index in [0.717, 1.165) is 5.56 Å². The zero-order valence-electron chi connectivity index (χ0n) is 8.50. The minimum Gasteiger partial charge on any atom is -0.363 e. The van der Waals surface area contributed by atoms with Crippen LogP contribution in [-0.2, 0) is 0 Å². The number of nitrogens with two attached hydrogens (primary N) is 1. The Hall–Kier alpha value is -2.23. The second-order valence-corrected chi connectivity index (χ2v) is 3.22. The summed E-state index contributed by atoms with van der Waals surface area (Å²) in [4.78, 5) is 18.7. The Morgan fingerprint density at radius 1 is 1.19 bits per heavy atom. The molecule has 16 heavy (non-hydrogen) atoms. The van der Waals surface area contributed by atoms with Crippen molar-refractivity contribution in [2.24, 2.45) is 5.73 Å². The van der Waals surface area contributed by atoms with Crippen LogP contribution in [0.5, 0.6) is 0 Å². The third-order valence-electron chi connectivity index (χ3n) is 2.01. The van der Waals surface area contributed by atoms with Crippen LogP contribution >= 0.6 is 0 Å². The Kier molecular flexibility index (Phi) is 2.91. The SMILES string of the molecule is NC(=O)c1nccc([CH]c2ccccc2)n1. The molecule has 2 aromatic rings. The Morgan fingerprint density at radius 3 is 2.62 bits per heavy atom. The van der Waals surface area contributed by atoms with Gasteiger partial charge < -0.3 is 5.73 Å². The number of carbonyl (C=O) groups is 1. The standard InChI is InChI=1S/C12H10N3O/c13-11(16)12-14-7-6-10(15-12)8-9-4-2-1-3-5-9/h1-8H,(H2,13,16). The van der Waals surface area contributed by atoms with E-state index in [9.17, 15) is 4.79 Å². The van der Waals surface area contributed by atoms with E-state index in [1.807, 2.05) is 36.8 Å². The van der Waals surface area contributed by atoms with Crippen molar-refractivity contribution in [2.45, 2.75) is 0 Å². The summed E-state index contributed by atoms with van der Waals surface area (Å²) in [6.45, 7) is 0. The fourth-order valence-corrected chi connectivity index (χ4v) is 1.29. The van der Waals surface area contributed by atoms with Crippen LogP contribution in [-0.4, -0.2) is 15.9 Å². The lowest BCUT2D eigenvalue weighted by Gasteiger charge is -2.01. The van der Waals surface area contributed by atoms with E-state index in [1.165, 1.54) is 6.20 Å². The van der Waals surface area contributed by atoms with Gasteiger partial charge in [-0.05, 0) is 11.6 Å². The van der Waals surface area contributed by atoms with Crippen LogP contribution in [0, 0.1) is 6.42 Å². The average Bonchev–Trinajstić information content (AvgIpc) is 2.30. The van der Waals surface area contributed by atoms with Crippen molar-refractivity contribution in [1.29, 1.82) is 0 Å². The molecule has 0 aliphatic carbocycles. The van der Waals surface area contributed by atoms with Gasteiger partial charge in [-0.2, -0.15) is 0 Å². The first-order chi connectivity index (χ1) is 7.75. The van der Waals surface area contributed by atoms with Gasteiger partial charge in [-0.3, -0.25) is 4.79 Å². The van der Waals surface area contributed by atoms with E-state index in [-0.39, 0.29) is 5.82 Å². The van der Waals surface area contributed by atoms with Gasteiger partial charge in [-0.15, -0.1) is 0 Å². The Labute approximate surface area is 93.2 Å². The molecule has 1 aromatic heterocycles. The number of amides is 1. The fourth-order valence-electron chi connectivity index (χ4n) is 1.29. The molecule has 0 saturated heterocycles. The van der Waals surface area contributed by atoms with Gasteiger partial charge in [0.05, 0.1) is 5.69 Å². The first-order valence-corrected chi connectivity index (χ1v) is 4.78. The molecular formula is C12H10N3O. The highest BCUT2D eigenvalue weighted by molar-refractivity contribution is 5.88. The number of carbonyl (C=O) groups excluding carboxylic acids is 1. The summed E-state index contributed by atoms with van der Waals surface area (Å²) in [5.74, 6) is -0.590. The smallest absolute Gasteiger partial charge is 0.286 e. The molecule has 2 N–H and O–H groups in total. The van der Waals surface area contributed by atoms with Crippen LogP contribution in [0.2, 0.25) is 0 Å². The lowest BCUT2D eigenvalue weighted by Crippen LogP contribution is -2.15. The Balaban J connectivity index is 2.22. The van der Waals surface area contributed by atoms with Gasteiger partial charge in [-0.25, -0.2) is 9.97 Å². The summed E-state index contributed by atoms with van der Waals surface area (Å²) in [5.41, 5.74) is 6.77. The van der Waals surface area contributed by atoms with Crippen molar-refractivity contribution >= 4 is 5.91 Å². The summed E-state index contributed by atoms with van der Waals surface area (Å²) >= 11 is 0. The molecule has 0 atom stereocenters. The molecular weight excluding hydrogens is 202 g/mol. The minimum absolute atomic E-state index is 0.0321. The van der Waals surface area contributed by atoms with Crippen molar-refractivity contribution in [1.82, 2.24) is 9.97 Å². The second kappa shape index (κ2) is 4.53. The van der Waals surface area contributed by atoms with E-state index < -0.39 is 5.91 Å². The van der Waals surface area contributed by atoms with Crippen molar-refractivity contribution in [2.75, 3.05) is 0 Å². The molecule has 0 aliphatic rings. The minimum atomic E-state index is -0.622. The maximum atomic E-state index is 10.9. The van der Waals surface area contributed by atoms with E-state index >= 15 is 0 Å².